The van der Waals surface area contributed by atoms with Gasteiger partial charge in [0.15, 0.2) is 11.5 Å². The molecule has 0 aliphatic carbocycles. The highest BCUT2D eigenvalue weighted by atomic mass is 32.2. The van der Waals surface area contributed by atoms with Crippen molar-refractivity contribution in [3.8, 4) is 5.75 Å². The van der Waals surface area contributed by atoms with Crippen LogP contribution in [0.25, 0.3) is 0 Å². The number of amides is 1. The van der Waals surface area contributed by atoms with E-state index in [1.54, 1.807) is 30.3 Å². The number of benzene rings is 3. The molecule has 12 heteroatoms. The third-order valence-corrected chi connectivity index (χ3v) is 9.02. The predicted molar refractivity (Wildman–Crippen MR) is 156 cm³/mol. The van der Waals surface area contributed by atoms with Gasteiger partial charge in [-0.05, 0) is 42.8 Å². The third kappa shape index (κ3) is 4.79. The summed E-state index contributed by atoms with van der Waals surface area (Å²) in [6.45, 7) is 1.94. The summed E-state index contributed by atoms with van der Waals surface area (Å²) in [5, 5.41) is 0. The van der Waals surface area contributed by atoms with Gasteiger partial charge >= 0.3 is 5.69 Å². The van der Waals surface area contributed by atoms with E-state index in [9.17, 15) is 27.6 Å². The molecule has 3 aromatic carbocycles. The number of H-pyrrole nitrogens is 1. The molecule has 1 amide bonds. The lowest BCUT2D eigenvalue weighted by atomic mass is 10.0. The third-order valence-electron chi connectivity index (χ3n) is 7.17. The van der Waals surface area contributed by atoms with Crippen LogP contribution >= 0.6 is 0 Å². The molecule has 1 aliphatic rings. The minimum Gasteiger partial charge on any atom is -0.496 e. The minimum atomic E-state index is -4.14. The first-order valence-corrected chi connectivity index (χ1v) is 14.7. The zero-order chi connectivity index (χ0) is 30.2. The number of nitrogen functional groups attached to an aromatic ring is 1. The van der Waals surface area contributed by atoms with Crippen LogP contribution in [0.15, 0.2) is 86.1 Å². The number of methoxy groups -OCH3 is 1. The van der Waals surface area contributed by atoms with Crippen molar-refractivity contribution in [2.75, 3.05) is 17.7 Å². The van der Waals surface area contributed by atoms with Crippen LogP contribution in [0, 0.1) is 0 Å². The molecular formula is C30H28N4O7S. The highest BCUT2D eigenvalue weighted by Gasteiger charge is 2.36. The number of nitrogens with two attached hydrogens (primary N) is 1. The number of rotatable bonds is 8. The average molecular weight is 589 g/mol. The van der Waals surface area contributed by atoms with Crippen molar-refractivity contribution in [1.82, 2.24) is 9.55 Å². The van der Waals surface area contributed by atoms with Crippen molar-refractivity contribution in [2.45, 2.75) is 42.6 Å². The number of para-hydroxylation sites is 1. The first-order valence-electron chi connectivity index (χ1n) is 13.2. The molecule has 3 N–H and O–H groups in total. The molecule has 11 nitrogen and oxygen atoms in total. The zero-order valence-corrected chi connectivity index (χ0v) is 23.7. The van der Waals surface area contributed by atoms with E-state index >= 15 is 0 Å². The van der Waals surface area contributed by atoms with Crippen LogP contribution in [-0.4, -0.2) is 36.8 Å². The van der Waals surface area contributed by atoms with E-state index in [0.717, 1.165) is 17.4 Å². The molecule has 1 aliphatic heterocycles. The first kappa shape index (κ1) is 28.6. The molecule has 0 atom stereocenters. The van der Waals surface area contributed by atoms with Gasteiger partial charge in [-0.15, -0.1) is 0 Å². The van der Waals surface area contributed by atoms with Gasteiger partial charge in [0.1, 0.15) is 11.6 Å². The number of carbonyl (C=O) groups excluding carboxylic acids is 2. The fraction of sp³-hybridized carbons (Fsp3) is 0.200. The van der Waals surface area contributed by atoms with Gasteiger partial charge in [0.05, 0.1) is 23.4 Å². The van der Waals surface area contributed by atoms with Crippen LogP contribution < -0.4 is 26.6 Å². The van der Waals surface area contributed by atoms with E-state index in [2.05, 4.69) is 4.98 Å². The molecule has 0 spiro atoms. The molecule has 0 saturated carbocycles. The molecule has 0 radical (unpaired) electrons. The normalized spacial score (nSPS) is 13.2. The maximum atomic E-state index is 14.2. The minimum absolute atomic E-state index is 0.0514. The Balaban J connectivity index is 1.69. The molecule has 4 aromatic rings. The van der Waals surface area contributed by atoms with Crippen molar-refractivity contribution in [3.63, 3.8) is 0 Å². The number of aromatic amines is 1. The largest absolute Gasteiger partial charge is 0.496 e. The number of sulfone groups is 1. The maximum Gasteiger partial charge on any atom is 0.330 e. The van der Waals surface area contributed by atoms with E-state index < -0.39 is 32.8 Å². The molecule has 0 fully saturated rings. The number of aromatic nitrogens is 2. The van der Waals surface area contributed by atoms with Crippen molar-refractivity contribution in [2.24, 2.45) is 0 Å². The second-order valence-corrected chi connectivity index (χ2v) is 11.6. The molecule has 0 saturated heterocycles. The molecule has 0 unspecified atom stereocenters. The fourth-order valence-electron chi connectivity index (χ4n) is 5.01. The SMILES string of the molecule is CCCCn1c(N)c(N(Cc2ccccc2OC)C(=O)c2ccc3c(c2)S(=O)(=O)c2ccccc2C3=O)c(=O)[nH]c1=O. The van der Waals surface area contributed by atoms with E-state index in [4.69, 9.17) is 10.5 Å². The molecule has 216 valence electrons. The second-order valence-electron chi connectivity index (χ2n) is 9.74. The van der Waals surface area contributed by atoms with Crippen LogP contribution in [-0.2, 0) is 22.9 Å². The molecule has 2 heterocycles. The number of nitrogens with zero attached hydrogens (tertiary/aromatic N) is 2. The standard InChI is InChI=1S/C30H28N4O7S/c1-3-4-15-33-27(31)25(28(36)32-30(33)38)34(17-19-9-5-7-11-22(19)41-2)29(37)18-13-14-21-24(16-18)42(39,40)23-12-8-6-10-20(23)26(21)35/h5-14,16H,3-4,15,17,31H2,1-2H3,(H,32,36,38). The molecule has 0 bridgehead atoms. The van der Waals surface area contributed by atoms with Gasteiger partial charge < -0.3 is 10.5 Å². The van der Waals surface area contributed by atoms with E-state index in [0.29, 0.717) is 17.7 Å². The highest BCUT2D eigenvalue weighted by molar-refractivity contribution is 7.91. The Morgan fingerprint density at radius 3 is 2.40 bits per heavy atom. The summed E-state index contributed by atoms with van der Waals surface area (Å²) >= 11 is 0. The molecule has 42 heavy (non-hydrogen) atoms. The van der Waals surface area contributed by atoms with Crippen molar-refractivity contribution < 1.29 is 22.7 Å². The predicted octanol–water partition coefficient (Wildman–Crippen LogP) is 3.15. The van der Waals surface area contributed by atoms with Crippen LogP contribution in [0.5, 0.6) is 5.75 Å². The monoisotopic (exact) mass is 588 g/mol. The van der Waals surface area contributed by atoms with Crippen molar-refractivity contribution in [1.29, 1.82) is 0 Å². The van der Waals surface area contributed by atoms with Gasteiger partial charge in [0.2, 0.25) is 9.84 Å². The summed E-state index contributed by atoms with van der Waals surface area (Å²) in [7, 11) is -2.68. The van der Waals surface area contributed by atoms with Crippen LogP contribution in [0.3, 0.4) is 0 Å². The van der Waals surface area contributed by atoms with Crippen LogP contribution in [0.2, 0.25) is 0 Å². The number of ketones is 1. The Morgan fingerprint density at radius 2 is 1.67 bits per heavy atom. The van der Waals surface area contributed by atoms with Gasteiger partial charge in [-0.2, -0.15) is 0 Å². The lowest BCUT2D eigenvalue weighted by molar-refractivity contribution is 0.0981. The quantitative estimate of drug-likeness (QED) is 0.279. The van der Waals surface area contributed by atoms with E-state index in [1.807, 2.05) is 6.92 Å². The Bertz CT molecular complexity index is 1960. The van der Waals surface area contributed by atoms with Gasteiger partial charge in [-0.25, -0.2) is 13.2 Å². The van der Waals surface area contributed by atoms with Gasteiger partial charge in [0, 0.05) is 28.8 Å². The molecule has 1 aromatic heterocycles. The number of ether oxygens (including phenoxy) is 1. The summed E-state index contributed by atoms with van der Waals surface area (Å²) in [4.78, 5) is 56.0. The number of unbranched alkanes of at least 4 members (excludes halogenated alkanes) is 1. The Labute approximate surface area is 241 Å². The number of hydrogen-bond acceptors (Lipinski definition) is 8. The van der Waals surface area contributed by atoms with Gasteiger partial charge in [-0.3, -0.25) is 28.8 Å². The average Bonchev–Trinajstić information content (AvgIpc) is 2.99. The zero-order valence-electron chi connectivity index (χ0n) is 22.9. The summed E-state index contributed by atoms with van der Waals surface area (Å²) in [5.74, 6) is -1.04. The molecule has 5 rings (SSSR count). The molecular weight excluding hydrogens is 560 g/mol. The topological polar surface area (TPSA) is 162 Å². The van der Waals surface area contributed by atoms with E-state index in [1.165, 1.54) is 42.0 Å². The lowest BCUT2D eigenvalue weighted by Gasteiger charge is -2.26. The second kappa shape index (κ2) is 11.1. The Kier molecular flexibility index (Phi) is 7.57. The van der Waals surface area contributed by atoms with Crippen LogP contribution in [0.1, 0.15) is 51.6 Å². The van der Waals surface area contributed by atoms with Crippen molar-refractivity contribution >= 4 is 33.0 Å². The summed E-state index contributed by atoms with van der Waals surface area (Å²) in [5.41, 5.74) is 4.90. The maximum absolute atomic E-state index is 14.2. The Hall–Kier alpha value is -4.97. The Morgan fingerprint density at radius 1 is 0.976 bits per heavy atom. The lowest BCUT2D eigenvalue weighted by Crippen LogP contribution is -2.41. The fourth-order valence-corrected chi connectivity index (χ4v) is 6.68. The van der Waals surface area contributed by atoms with Crippen molar-refractivity contribution in [3.05, 3.63) is 110 Å². The highest BCUT2D eigenvalue weighted by Crippen LogP contribution is 2.35. The smallest absolute Gasteiger partial charge is 0.330 e. The summed E-state index contributed by atoms with van der Waals surface area (Å²) in [6, 6.07) is 16.5. The van der Waals surface area contributed by atoms with Crippen LogP contribution in [0.4, 0.5) is 11.5 Å². The number of hydrogen-bond donors (Lipinski definition) is 2. The first-order chi connectivity index (χ1) is 20.1. The number of fused-ring (bicyclic) bond motifs is 2. The number of anilines is 2. The van der Waals surface area contributed by atoms with E-state index in [-0.39, 0.29) is 51.1 Å². The number of carbonyl (C=O) groups is 2. The summed E-state index contributed by atoms with van der Waals surface area (Å²) in [6.07, 6.45) is 1.34. The number of nitrogens with one attached hydrogen (secondary N) is 1. The van der Waals surface area contributed by atoms with Gasteiger partial charge in [-0.1, -0.05) is 43.7 Å². The summed E-state index contributed by atoms with van der Waals surface area (Å²) < 4.78 is 33.7. The van der Waals surface area contributed by atoms with Gasteiger partial charge in [0.25, 0.3) is 11.5 Å².